The number of nitrogens with two attached hydrogens (primary N) is 1. The molecule has 0 aliphatic carbocycles. The number of esters is 1. The van der Waals surface area contributed by atoms with Crippen LogP contribution in [0.15, 0.2) is 34.7 Å². The lowest BCUT2D eigenvalue weighted by Crippen LogP contribution is -2.11. The molecule has 1 aromatic carbocycles. The van der Waals surface area contributed by atoms with E-state index in [1.54, 1.807) is 12.1 Å². The lowest BCUT2D eigenvalue weighted by atomic mass is 10.0. The minimum Gasteiger partial charge on any atom is -0.463 e. The van der Waals surface area contributed by atoms with Crippen LogP contribution < -0.4 is 5.73 Å². The maximum absolute atomic E-state index is 11.4. The predicted octanol–water partition coefficient (Wildman–Crippen LogP) is 2.14. The molecule has 20 heavy (non-hydrogen) atoms. The van der Waals surface area contributed by atoms with Gasteiger partial charge in [-0.2, -0.15) is 0 Å². The minimum absolute atomic E-state index is 0.155. The SMILES string of the molecule is COC(=O)c1ccc(C(N)c2ccc3c(c2)COC3)o1. The van der Waals surface area contributed by atoms with Gasteiger partial charge in [0, 0.05) is 0 Å². The lowest BCUT2D eigenvalue weighted by Gasteiger charge is -2.10. The molecule has 2 heterocycles. The highest BCUT2D eigenvalue weighted by molar-refractivity contribution is 5.86. The quantitative estimate of drug-likeness (QED) is 0.867. The van der Waals surface area contributed by atoms with Crippen LogP contribution in [0, 0.1) is 0 Å². The second-order valence-corrected chi connectivity index (χ2v) is 4.69. The molecule has 0 amide bonds. The number of rotatable bonds is 3. The molecular formula is C15H15NO4. The molecule has 3 rings (SSSR count). The number of hydrogen-bond acceptors (Lipinski definition) is 5. The third-order valence-electron chi connectivity index (χ3n) is 3.42. The Labute approximate surface area is 116 Å². The van der Waals surface area contributed by atoms with Crippen molar-refractivity contribution in [3.63, 3.8) is 0 Å². The zero-order chi connectivity index (χ0) is 14.1. The molecule has 0 saturated carbocycles. The molecule has 5 nitrogen and oxygen atoms in total. The average molecular weight is 273 g/mol. The van der Waals surface area contributed by atoms with E-state index in [0.29, 0.717) is 19.0 Å². The van der Waals surface area contributed by atoms with Crippen molar-refractivity contribution in [2.45, 2.75) is 19.3 Å². The third kappa shape index (κ3) is 2.21. The summed E-state index contributed by atoms with van der Waals surface area (Å²) >= 11 is 0. The van der Waals surface area contributed by atoms with Crippen LogP contribution in [0.2, 0.25) is 0 Å². The molecule has 0 fully saturated rings. The van der Waals surface area contributed by atoms with E-state index in [1.165, 1.54) is 12.7 Å². The molecule has 0 spiro atoms. The van der Waals surface area contributed by atoms with E-state index >= 15 is 0 Å². The van der Waals surface area contributed by atoms with Crippen molar-refractivity contribution in [1.29, 1.82) is 0 Å². The summed E-state index contributed by atoms with van der Waals surface area (Å²) in [5, 5.41) is 0. The Morgan fingerprint density at radius 1 is 1.25 bits per heavy atom. The first kappa shape index (κ1) is 12.9. The van der Waals surface area contributed by atoms with E-state index in [4.69, 9.17) is 14.9 Å². The summed E-state index contributed by atoms with van der Waals surface area (Å²) in [6.45, 7) is 1.26. The zero-order valence-corrected chi connectivity index (χ0v) is 11.1. The van der Waals surface area contributed by atoms with Gasteiger partial charge in [-0.05, 0) is 28.8 Å². The van der Waals surface area contributed by atoms with Gasteiger partial charge in [-0.1, -0.05) is 18.2 Å². The van der Waals surface area contributed by atoms with Crippen LogP contribution in [-0.4, -0.2) is 13.1 Å². The summed E-state index contributed by atoms with van der Waals surface area (Å²) in [6.07, 6.45) is 0. The number of furan rings is 1. The lowest BCUT2D eigenvalue weighted by molar-refractivity contribution is 0.0562. The molecule has 0 saturated heterocycles. The number of carbonyl (C=O) groups excluding carboxylic acids is 1. The van der Waals surface area contributed by atoms with Crippen LogP contribution in [0.3, 0.4) is 0 Å². The number of benzene rings is 1. The molecule has 1 aliphatic rings. The highest BCUT2D eigenvalue weighted by Crippen LogP contribution is 2.27. The zero-order valence-electron chi connectivity index (χ0n) is 11.1. The Balaban J connectivity index is 1.86. The van der Waals surface area contributed by atoms with Crippen molar-refractivity contribution >= 4 is 5.97 Å². The monoisotopic (exact) mass is 273 g/mol. The van der Waals surface area contributed by atoms with Crippen LogP contribution >= 0.6 is 0 Å². The van der Waals surface area contributed by atoms with E-state index in [0.717, 1.165) is 11.1 Å². The molecule has 1 atom stereocenters. The standard InChI is InChI=1S/C15H15NO4/c1-18-15(17)13-5-4-12(20-13)14(16)9-2-3-10-7-19-8-11(10)6-9/h2-6,14H,7-8,16H2,1H3. The van der Waals surface area contributed by atoms with Crippen molar-refractivity contribution in [2.75, 3.05) is 7.11 Å². The van der Waals surface area contributed by atoms with E-state index in [-0.39, 0.29) is 5.76 Å². The van der Waals surface area contributed by atoms with Crippen LogP contribution in [0.4, 0.5) is 0 Å². The molecular weight excluding hydrogens is 258 g/mol. The van der Waals surface area contributed by atoms with Crippen molar-refractivity contribution < 1.29 is 18.7 Å². The summed E-state index contributed by atoms with van der Waals surface area (Å²) in [5.74, 6) is 0.178. The van der Waals surface area contributed by atoms with Gasteiger partial charge < -0.3 is 19.6 Å². The van der Waals surface area contributed by atoms with E-state index in [1.807, 2.05) is 18.2 Å². The van der Waals surface area contributed by atoms with E-state index in [9.17, 15) is 4.79 Å². The average Bonchev–Trinajstić information content (AvgIpc) is 3.13. The van der Waals surface area contributed by atoms with Crippen molar-refractivity contribution in [1.82, 2.24) is 0 Å². The smallest absolute Gasteiger partial charge is 0.373 e. The molecule has 1 aliphatic heterocycles. The number of hydrogen-bond donors (Lipinski definition) is 1. The van der Waals surface area contributed by atoms with Crippen molar-refractivity contribution in [2.24, 2.45) is 5.73 Å². The van der Waals surface area contributed by atoms with E-state index < -0.39 is 12.0 Å². The minimum atomic E-state index is -0.509. The van der Waals surface area contributed by atoms with Gasteiger partial charge in [0.25, 0.3) is 0 Å². The highest BCUT2D eigenvalue weighted by Gasteiger charge is 2.19. The van der Waals surface area contributed by atoms with Gasteiger partial charge in [-0.15, -0.1) is 0 Å². The van der Waals surface area contributed by atoms with Crippen molar-refractivity contribution in [3.8, 4) is 0 Å². The maximum Gasteiger partial charge on any atom is 0.373 e. The summed E-state index contributed by atoms with van der Waals surface area (Å²) in [7, 11) is 1.31. The number of carbonyl (C=O) groups is 1. The second kappa shape index (κ2) is 5.11. The fourth-order valence-corrected chi connectivity index (χ4v) is 2.28. The first-order valence-electron chi connectivity index (χ1n) is 6.32. The highest BCUT2D eigenvalue weighted by atomic mass is 16.5. The van der Waals surface area contributed by atoms with Gasteiger partial charge in [0.05, 0.1) is 26.4 Å². The van der Waals surface area contributed by atoms with Gasteiger partial charge in [0.2, 0.25) is 5.76 Å². The topological polar surface area (TPSA) is 74.7 Å². The predicted molar refractivity (Wildman–Crippen MR) is 71.0 cm³/mol. The van der Waals surface area contributed by atoms with E-state index in [2.05, 4.69) is 4.74 Å². The molecule has 0 bridgehead atoms. The Morgan fingerprint density at radius 3 is 2.85 bits per heavy atom. The molecule has 0 radical (unpaired) electrons. The molecule has 5 heteroatoms. The first-order valence-corrected chi connectivity index (χ1v) is 6.32. The molecule has 2 aromatic rings. The summed E-state index contributed by atoms with van der Waals surface area (Å²) in [5.41, 5.74) is 9.45. The molecule has 1 unspecified atom stereocenters. The van der Waals surface area contributed by atoms with Gasteiger partial charge in [0.1, 0.15) is 5.76 Å². The van der Waals surface area contributed by atoms with Crippen molar-refractivity contribution in [3.05, 3.63) is 58.5 Å². The van der Waals surface area contributed by atoms with Gasteiger partial charge in [-0.3, -0.25) is 0 Å². The van der Waals surface area contributed by atoms with Crippen LogP contribution in [-0.2, 0) is 22.7 Å². The Bertz CT molecular complexity index is 647. The van der Waals surface area contributed by atoms with Crippen LogP contribution in [0.1, 0.15) is 39.0 Å². The molecule has 104 valence electrons. The van der Waals surface area contributed by atoms with Gasteiger partial charge in [0.15, 0.2) is 0 Å². The Kier molecular flexibility index (Phi) is 3.30. The summed E-state index contributed by atoms with van der Waals surface area (Å²) < 4.78 is 15.4. The van der Waals surface area contributed by atoms with Gasteiger partial charge >= 0.3 is 5.97 Å². The fourth-order valence-electron chi connectivity index (χ4n) is 2.28. The number of fused-ring (bicyclic) bond motifs is 1. The fraction of sp³-hybridized carbons (Fsp3) is 0.267. The number of ether oxygens (including phenoxy) is 2. The number of methoxy groups -OCH3 is 1. The Hall–Kier alpha value is -2.11. The largest absolute Gasteiger partial charge is 0.463 e. The second-order valence-electron chi connectivity index (χ2n) is 4.69. The normalized spacial score (nSPS) is 14.9. The van der Waals surface area contributed by atoms with Crippen LogP contribution in [0.5, 0.6) is 0 Å². The van der Waals surface area contributed by atoms with Crippen LogP contribution in [0.25, 0.3) is 0 Å². The third-order valence-corrected chi connectivity index (χ3v) is 3.42. The Morgan fingerprint density at radius 2 is 2.05 bits per heavy atom. The summed E-state index contributed by atoms with van der Waals surface area (Å²) in [4.78, 5) is 11.4. The summed E-state index contributed by atoms with van der Waals surface area (Å²) in [6, 6.07) is 8.84. The maximum atomic E-state index is 11.4. The van der Waals surface area contributed by atoms with Gasteiger partial charge in [-0.25, -0.2) is 4.79 Å². The molecule has 1 aromatic heterocycles. The first-order chi connectivity index (χ1) is 9.69. The molecule has 2 N–H and O–H groups in total.